The highest BCUT2D eigenvalue weighted by Gasteiger charge is 2.53. The Balaban J connectivity index is 1.25. The highest BCUT2D eigenvalue weighted by Crippen LogP contribution is 2.57. The van der Waals surface area contributed by atoms with Gasteiger partial charge >= 0.3 is 12.1 Å². The fourth-order valence-corrected chi connectivity index (χ4v) is 6.68. The van der Waals surface area contributed by atoms with Crippen molar-refractivity contribution in [2.45, 2.75) is 50.8 Å². The number of hydrogen-bond donors (Lipinski definition) is 1. The number of aryl methyl sites for hydroxylation is 1. The number of nitrogens with one attached hydrogen (secondary N) is 1. The number of alkyl halides is 3. The molecule has 2 aliphatic rings. The lowest BCUT2D eigenvalue weighted by molar-refractivity contribution is -0.137. The Labute approximate surface area is 277 Å². The van der Waals surface area contributed by atoms with E-state index in [1.807, 2.05) is 37.4 Å². The normalized spacial score (nSPS) is 16.1. The molecule has 0 aliphatic carbocycles. The summed E-state index contributed by atoms with van der Waals surface area (Å²) in [6, 6.07) is 32.0. The van der Waals surface area contributed by atoms with Gasteiger partial charge in [0, 0.05) is 52.6 Å². The molecule has 5 nitrogen and oxygen atoms in total. The lowest BCUT2D eigenvalue weighted by Crippen LogP contribution is -2.33. The van der Waals surface area contributed by atoms with Crippen LogP contribution in [0.3, 0.4) is 0 Å². The van der Waals surface area contributed by atoms with E-state index in [0.29, 0.717) is 39.4 Å². The van der Waals surface area contributed by atoms with Crippen molar-refractivity contribution in [3.05, 3.63) is 143 Å². The van der Waals surface area contributed by atoms with E-state index in [2.05, 4.69) is 41.4 Å². The van der Waals surface area contributed by atoms with E-state index in [1.54, 1.807) is 36.4 Å². The summed E-state index contributed by atoms with van der Waals surface area (Å²) in [5.41, 5.74) is 4.31. The summed E-state index contributed by atoms with van der Waals surface area (Å²) in [6.45, 7) is 2.22. The van der Waals surface area contributed by atoms with Gasteiger partial charge in [-0.1, -0.05) is 62.6 Å². The largest absolute Gasteiger partial charge is 0.456 e. The molecule has 0 aromatic heterocycles. The van der Waals surface area contributed by atoms with E-state index in [1.165, 1.54) is 37.3 Å². The van der Waals surface area contributed by atoms with Crippen molar-refractivity contribution in [2.24, 2.45) is 0 Å². The summed E-state index contributed by atoms with van der Waals surface area (Å²) in [4.78, 5) is 15.4. The molecule has 0 saturated carbocycles. The quantitative estimate of drug-likeness (QED) is 0.127. The molecule has 1 atom stereocenters. The first-order chi connectivity index (χ1) is 23.2. The fraction of sp³-hybridized carbons (Fsp3) is 0.225. The molecule has 1 unspecified atom stereocenters. The Bertz CT molecular complexity index is 1990. The maximum absolute atomic E-state index is 13.4. The van der Waals surface area contributed by atoms with Crippen LogP contribution in [0.25, 0.3) is 0 Å². The van der Waals surface area contributed by atoms with Gasteiger partial charge in [0.05, 0.1) is 11.1 Å². The third kappa shape index (κ3) is 5.65. The Kier molecular flexibility index (Phi) is 8.11. The van der Waals surface area contributed by atoms with E-state index in [-0.39, 0.29) is 5.69 Å². The number of carbonyl (C=O) groups excluding carboxylic acids is 1. The zero-order valence-electron chi connectivity index (χ0n) is 26.7. The van der Waals surface area contributed by atoms with Crippen LogP contribution in [0.4, 0.5) is 35.9 Å². The van der Waals surface area contributed by atoms with Crippen LogP contribution >= 0.6 is 0 Å². The molecule has 0 fully saturated rings. The highest BCUT2D eigenvalue weighted by atomic mass is 19.4. The molecule has 244 valence electrons. The molecule has 0 saturated heterocycles. The first-order valence-corrected chi connectivity index (χ1v) is 16.2. The maximum atomic E-state index is 13.4. The third-order valence-electron chi connectivity index (χ3n) is 9.20. The van der Waals surface area contributed by atoms with Gasteiger partial charge in [0.1, 0.15) is 11.5 Å². The van der Waals surface area contributed by atoms with E-state index in [4.69, 9.17) is 9.47 Å². The molecule has 1 N–H and O–H groups in total. The van der Waals surface area contributed by atoms with E-state index >= 15 is 0 Å². The molecule has 0 amide bonds. The molecule has 0 bridgehead atoms. The second kappa shape index (κ2) is 12.4. The van der Waals surface area contributed by atoms with Crippen LogP contribution in [0.5, 0.6) is 11.5 Å². The fourth-order valence-electron chi connectivity index (χ4n) is 6.68. The molecule has 0 radical (unpaired) electrons. The van der Waals surface area contributed by atoms with Crippen LogP contribution in [0.15, 0.2) is 109 Å². The number of unbranched alkanes of at least 4 members (excludes halogenated alkanes) is 3. The number of benzene rings is 5. The molecule has 8 heteroatoms. The second-order valence-corrected chi connectivity index (χ2v) is 12.3. The minimum absolute atomic E-state index is 0.275. The highest BCUT2D eigenvalue weighted by molar-refractivity contribution is 5.97. The summed E-state index contributed by atoms with van der Waals surface area (Å²) in [6.07, 6.45) is 1.50. The Morgan fingerprint density at radius 3 is 2.29 bits per heavy atom. The first-order valence-electron chi connectivity index (χ1n) is 16.2. The minimum atomic E-state index is -4.47. The van der Waals surface area contributed by atoms with Crippen molar-refractivity contribution in [2.75, 3.05) is 17.3 Å². The topological polar surface area (TPSA) is 50.8 Å². The number of halogens is 3. The van der Waals surface area contributed by atoms with Gasteiger partial charge in [-0.2, -0.15) is 13.2 Å². The van der Waals surface area contributed by atoms with Crippen molar-refractivity contribution in [3.63, 3.8) is 0 Å². The van der Waals surface area contributed by atoms with Crippen LogP contribution in [-0.4, -0.2) is 13.0 Å². The van der Waals surface area contributed by atoms with Crippen LogP contribution in [-0.2, 0) is 22.9 Å². The molecule has 48 heavy (non-hydrogen) atoms. The van der Waals surface area contributed by atoms with Crippen LogP contribution in [0.2, 0.25) is 0 Å². The van der Waals surface area contributed by atoms with Crippen LogP contribution in [0.1, 0.15) is 70.8 Å². The van der Waals surface area contributed by atoms with Gasteiger partial charge in [0.25, 0.3) is 0 Å². The van der Waals surface area contributed by atoms with Crippen molar-refractivity contribution >= 4 is 28.7 Å². The predicted octanol–water partition coefficient (Wildman–Crippen LogP) is 10.9. The monoisotopic (exact) mass is 648 g/mol. The van der Waals surface area contributed by atoms with Crippen molar-refractivity contribution in [1.82, 2.24) is 0 Å². The summed E-state index contributed by atoms with van der Waals surface area (Å²) in [5.74, 6) is 0.563. The number of ether oxygens (including phenoxy) is 2. The number of rotatable bonds is 9. The average molecular weight is 649 g/mol. The molecule has 7 rings (SSSR count). The molecular weight excluding hydrogens is 613 g/mol. The maximum Gasteiger partial charge on any atom is 0.416 e. The third-order valence-corrected chi connectivity index (χ3v) is 9.20. The number of fused-ring (bicyclic) bond motifs is 6. The molecule has 1 spiro atoms. The number of anilines is 4. The van der Waals surface area contributed by atoms with E-state index in [0.717, 1.165) is 29.9 Å². The number of hydrogen-bond acceptors (Lipinski definition) is 5. The van der Waals surface area contributed by atoms with Gasteiger partial charge in [0.15, 0.2) is 5.60 Å². The smallest absolute Gasteiger partial charge is 0.416 e. The Morgan fingerprint density at radius 1 is 0.729 bits per heavy atom. The summed E-state index contributed by atoms with van der Waals surface area (Å²) < 4.78 is 53.0. The van der Waals surface area contributed by atoms with Crippen molar-refractivity contribution in [3.8, 4) is 11.5 Å². The van der Waals surface area contributed by atoms with Crippen molar-refractivity contribution < 1.29 is 27.4 Å². The van der Waals surface area contributed by atoms with Gasteiger partial charge in [-0.25, -0.2) is 4.79 Å². The zero-order chi connectivity index (χ0) is 33.5. The van der Waals surface area contributed by atoms with Gasteiger partial charge < -0.3 is 19.7 Å². The molecule has 2 heterocycles. The van der Waals surface area contributed by atoms with E-state index < -0.39 is 23.3 Å². The van der Waals surface area contributed by atoms with Gasteiger partial charge in [-0.15, -0.1) is 0 Å². The average Bonchev–Trinajstić information content (AvgIpc) is 3.39. The predicted molar refractivity (Wildman–Crippen MR) is 182 cm³/mol. The number of esters is 1. The summed E-state index contributed by atoms with van der Waals surface area (Å²) in [5, 5.41) is 3.09. The number of nitrogens with zero attached hydrogens (tertiary/aromatic N) is 1. The molecule has 5 aromatic carbocycles. The van der Waals surface area contributed by atoms with Crippen LogP contribution < -0.4 is 15.0 Å². The standard InChI is InChI=1S/C40H35F3N2O3/c1-3-4-5-6-10-26-15-18-30(19-16-26)45(2)31-20-21-34-37(25-31)47-36-22-17-29(44-28-12-9-11-27(23-28)40(41,42)43)24-35(36)39(34)33-14-8-7-13-32(33)38(46)48-39/h7-9,11-25,44H,3-6,10H2,1-2H3. The Morgan fingerprint density at radius 2 is 1.50 bits per heavy atom. The van der Waals surface area contributed by atoms with Crippen molar-refractivity contribution in [1.29, 1.82) is 0 Å². The first kappa shape index (κ1) is 31.4. The SMILES string of the molecule is CCCCCCc1ccc(N(C)c2ccc3c(c2)Oc2ccc(Nc4cccc(C(F)(F)F)c4)cc2C32OC(=O)c3ccccc32)cc1. The van der Waals surface area contributed by atoms with E-state index in [9.17, 15) is 18.0 Å². The second-order valence-electron chi connectivity index (χ2n) is 12.3. The summed E-state index contributed by atoms with van der Waals surface area (Å²) >= 11 is 0. The number of carbonyl (C=O) groups is 1. The molecule has 5 aromatic rings. The molecular formula is C40H35F3N2O3. The van der Waals surface area contributed by atoms with Gasteiger partial charge in [-0.3, -0.25) is 0 Å². The molecule has 2 aliphatic heterocycles. The van der Waals surface area contributed by atoms with Gasteiger partial charge in [0.2, 0.25) is 0 Å². The Hall–Kier alpha value is -5.24. The van der Waals surface area contributed by atoms with Gasteiger partial charge in [-0.05, 0) is 85.1 Å². The summed E-state index contributed by atoms with van der Waals surface area (Å²) in [7, 11) is 2.00. The zero-order valence-corrected chi connectivity index (χ0v) is 26.7. The minimum Gasteiger partial charge on any atom is -0.456 e. The lowest BCUT2D eigenvalue weighted by Gasteiger charge is -2.37. The van der Waals surface area contributed by atoms with Crippen LogP contribution in [0, 0.1) is 0 Å². The lowest BCUT2D eigenvalue weighted by atomic mass is 9.77.